The van der Waals surface area contributed by atoms with Crippen molar-refractivity contribution in [3.05, 3.63) is 75.7 Å². The van der Waals surface area contributed by atoms with Crippen LogP contribution in [-0.2, 0) is 19.4 Å². The number of rotatable bonds is 5. The lowest BCUT2D eigenvalue weighted by atomic mass is 9.88. The first-order valence-electron chi connectivity index (χ1n) is 10.7. The van der Waals surface area contributed by atoms with E-state index in [-0.39, 0.29) is 12.1 Å². The minimum absolute atomic E-state index is 0.00849. The Bertz CT molecular complexity index is 1110. The van der Waals surface area contributed by atoms with Gasteiger partial charge in [0, 0.05) is 4.88 Å². The molecule has 1 aliphatic carbocycles. The molecular weight excluding hydrogens is 408 g/mol. The van der Waals surface area contributed by atoms with E-state index in [0.717, 1.165) is 41.0 Å². The van der Waals surface area contributed by atoms with Crippen molar-refractivity contribution in [3.8, 4) is 11.5 Å². The van der Waals surface area contributed by atoms with Crippen LogP contribution in [-0.4, -0.2) is 13.0 Å². The molecule has 2 atom stereocenters. The van der Waals surface area contributed by atoms with E-state index in [1.807, 2.05) is 48.5 Å². The molecule has 0 unspecified atom stereocenters. The highest BCUT2D eigenvalue weighted by atomic mass is 32.1. The Morgan fingerprint density at radius 3 is 2.74 bits per heavy atom. The summed E-state index contributed by atoms with van der Waals surface area (Å²) in [4.78, 5) is 14.3. The second kappa shape index (κ2) is 8.27. The lowest BCUT2D eigenvalue weighted by Gasteiger charge is -2.27. The number of carbonyl (C=O) groups is 1. The van der Waals surface area contributed by atoms with Crippen molar-refractivity contribution in [3.63, 3.8) is 0 Å². The molecule has 1 aliphatic heterocycles. The first kappa shape index (κ1) is 19.9. The minimum Gasteiger partial charge on any atom is -0.493 e. The smallest absolute Gasteiger partial charge is 0.256 e. The van der Waals surface area contributed by atoms with Crippen LogP contribution in [0.3, 0.4) is 0 Å². The molecule has 31 heavy (non-hydrogen) atoms. The van der Waals surface area contributed by atoms with Crippen LogP contribution in [0.15, 0.2) is 48.5 Å². The average Bonchev–Trinajstić information content (AvgIpc) is 3.16. The van der Waals surface area contributed by atoms with Gasteiger partial charge in [0.15, 0.2) is 11.5 Å². The molecule has 1 amide bonds. The fourth-order valence-corrected chi connectivity index (χ4v) is 5.78. The van der Waals surface area contributed by atoms with E-state index in [9.17, 15) is 4.79 Å². The van der Waals surface area contributed by atoms with E-state index in [2.05, 4.69) is 17.6 Å². The van der Waals surface area contributed by atoms with Gasteiger partial charge in [-0.2, -0.15) is 0 Å². The number of thiophene rings is 1. The van der Waals surface area contributed by atoms with Crippen molar-refractivity contribution in [2.45, 2.75) is 39.0 Å². The van der Waals surface area contributed by atoms with Gasteiger partial charge in [-0.25, -0.2) is 0 Å². The normalized spacial score (nSPS) is 19.6. The molecule has 2 heterocycles. The third-order valence-corrected chi connectivity index (χ3v) is 7.23. The highest BCUT2D eigenvalue weighted by Gasteiger charge is 2.33. The fraction of sp³-hybridized carbons (Fsp3) is 0.320. The summed E-state index contributed by atoms with van der Waals surface area (Å²) in [5.41, 5.74) is 4.11. The molecule has 6 heteroatoms. The molecule has 0 saturated carbocycles. The predicted molar refractivity (Wildman–Crippen MR) is 123 cm³/mol. The molecule has 5 rings (SSSR count). The van der Waals surface area contributed by atoms with Crippen molar-refractivity contribution in [1.29, 1.82) is 0 Å². The van der Waals surface area contributed by atoms with Gasteiger partial charge in [-0.05, 0) is 54.0 Å². The number of hydrogen-bond donors (Lipinski definition) is 2. The number of nitrogens with one attached hydrogen (secondary N) is 2. The van der Waals surface area contributed by atoms with Gasteiger partial charge in [0.05, 0.1) is 12.7 Å². The number of amides is 1. The molecule has 0 saturated heterocycles. The van der Waals surface area contributed by atoms with E-state index in [0.29, 0.717) is 24.0 Å². The highest BCUT2D eigenvalue weighted by molar-refractivity contribution is 7.16. The number of anilines is 1. The Morgan fingerprint density at radius 2 is 1.94 bits per heavy atom. The lowest BCUT2D eigenvalue weighted by Crippen LogP contribution is -2.38. The summed E-state index contributed by atoms with van der Waals surface area (Å²) in [6, 6.07) is 15.8. The van der Waals surface area contributed by atoms with Gasteiger partial charge in [0.25, 0.3) is 5.91 Å². The van der Waals surface area contributed by atoms with E-state index in [4.69, 9.17) is 9.47 Å². The van der Waals surface area contributed by atoms with Gasteiger partial charge in [-0.1, -0.05) is 43.3 Å². The van der Waals surface area contributed by atoms with Gasteiger partial charge in [0.2, 0.25) is 0 Å². The van der Waals surface area contributed by atoms with Crippen LogP contribution in [0.4, 0.5) is 5.00 Å². The van der Waals surface area contributed by atoms with Gasteiger partial charge < -0.3 is 20.1 Å². The molecule has 0 radical (unpaired) electrons. The minimum atomic E-state index is -0.297. The third kappa shape index (κ3) is 3.88. The van der Waals surface area contributed by atoms with Crippen molar-refractivity contribution in [2.75, 3.05) is 12.4 Å². The van der Waals surface area contributed by atoms with E-state index >= 15 is 0 Å². The second-order valence-corrected chi connectivity index (χ2v) is 9.40. The topological polar surface area (TPSA) is 59.6 Å². The zero-order valence-corrected chi connectivity index (χ0v) is 18.6. The summed E-state index contributed by atoms with van der Waals surface area (Å²) in [6.07, 6.45) is 2.90. The standard InChI is InChI=1S/C25H26N2O3S/c1-15-8-10-18-21(12-15)31-25-22(18)24(28)26-23(27-25)17-9-11-19(20(13-17)29-2)30-14-16-6-4-3-5-7-16/h3-7,9,11,13,15,23,27H,8,10,12,14H2,1-2H3,(H,26,28)/t15-,23+/m0/s1. The molecule has 160 valence electrons. The van der Waals surface area contributed by atoms with Crippen molar-refractivity contribution in [1.82, 2.24) is 5.32 Å². The van der Waals surface area contributed by atoms with Crippen LogP contribution in [0.5, 0.6) is 11.5 Å². The molecule has 0 spiro atoms. The predicted octanol–water partition coefficient (Wildman–Crippen LogP) is 5.31. The quantitative estimate of drug-likeness (QED) is 0.571. The lowest BCUT2D eigenvalue weighted by molar-refractivity contribution is 0.0935. The Hall–Kier alpha value is -2.99. The Balaban J connectivity index is 1.36. The maximum absolute atomic E-state index is 13.0. The van der Waals surface area contributed by atoms with Crippen molar-refractivity contribution >= 4 is 22.2 Å². The van der Waals surface area contributed by atoms with Crippen LogP contribution >= 0.6 is 11.3 Å². The summed E-state index contributed by atoms with van der Waals surface area (Å²) in [5.74, 6) is 2.02. The maximum atomic E-state index is 13.0. The number of carbonyl (C=O) groups excluding carboxylic acids is 1. The SMILES string of the molecule is COc1cc([C@@H]2NC(=O)c3c(sc4c3CC[C@H](C)C4)N2)ccc1OCc1ccccc1. The number of hydrogen-bond acceptors (Lipinski definition) is 5. The maximum Gasteiger partial charge on any atom is 0.256 e. The van der Waals surface area contributed by atoms with E-state index < -0.39 is 0 Å². The van der Waals surface area contributed by atoms with Crippen LogP contribution in [0.1, 0.15) is 51.4 Å². The number of methoxy groups -OCH3 is 1. The summed E-state index contributed by atoms with van der Waals surface area (Å²) in [5, 5.41) is 7.64. The van der Waals surface area contributed by atoms with Crippen LogP contribution in [0.25, 0.3) is 0 Å². The van der Waals surface area contributed by atoms with Crippen molar-refractivity contribution < 1.29 is 14.3 Å². The number of benzene rings is 2. The van der Waals surface area contributed by atoms with Gasteiger partial charge in [-0.15, -0.1) is 11.3 Å². The molecule has 2 aliphatic rings. The molecule has 0 bridgehead atoms. The Labute approximate surface area is 186 Å². The van der Waals surface area contributed by atoms with Crippen LogP contribution < -0.4 is 20.1 Å². The first-order valence-corrected chi connectivity index (χ1v) is 11.5. The molecule has 0 fully saturated rings. The third-order valence-electron chi connectivity index (χ3n) is 6.05. The first-order chi connectivity index (χ1) is 15.1. The fourth-order valence-electron chi connectivity index (χ4n) is 4.35. The Kier molecular flexibility index (Phi) is 5.32. The largest absolute Gasteiger partial charge is 0.493 e. The Morgan fingerprint density at radius 1 is 1.10 bits per heavy atom. The van der Waals surface area contributed by atoms with Gasteiger partial charge in [-0.3, -0.25) is 4.79 Å². The van der Waals surface area contributed by atoms with E-state index in [1.165, 1.54) is 10.4 Å². The molecule has 5 nitrogen and oxygen atoms in total. The summed E-state index contributed by atoms with van der Waals surface area (Å²) in [7, 11) is 1.63. The highest BCUT2D eigenvalue weighted by Crippen LogP contribution is 2.43. The van der Waals surface area contributed by atoms with Crippen LogP contribution in [0.2, 0.25) is 0 Å². The monoisotopic (exact) mass is 434 g/mol. The zero-order valence-electron chi connectivity index (χ0n) is 17.7. The van der Waals surface area contributed by atoms with E-state index in [1.54, 1.807) is 18.4 Å². The van der Waals surface area contributed by atoms with Gasteiger partial charge >= 0.3 is 0 Å². The number of fused-ring (bicyclic) bond motifs is 3. The summed E-state index contributed by atoms with van der Waals surface area (Å²) >= 11 is 1.73. The molecule has 3 aromatic rings. The average molecular weight is 435 g/mol. The molecule has 2 aromatic carbocycles. The van der Waals surface area contributed by atoms with Crippen molar-refractivity contribution in [2.24, 2.45) is 5.92 Å². The summed E-state index contributed by atoms with van der Waals surface area (Å²) < 4.78 is 11.5. The summed E-state index contributed by atoms with van der Waals surface area (Å²) in [6.45, 7) is 2.75. The molecule has 2 N–H and O–H groups in total. The zero-order chi connectivity index (χ0) is 21.4. The molecular formula is C25H26N2O3S. The number of ether oxygens (including phenoxy) is 2. The molecule has 1 aromatic heterocycles. The van der Waals surface area contributed by atoms with Gasteiger partial charge in [0.1, 0.15) is 17.8 Å². The second-order valence-electron chi connectivity index (χ2n) is 8.29. The van der Waals surface area contributed by atoms with Crippen LogP contribution in [0, 0.1) is 5.92 Å².